The van der Waals surface area contributed by atoms with Crippen LogP contribution in [0.2, 0.25) is 0 Å². The van der Waals surface area contributed by atoms with Crippen LogP contribution in [0.3, 0.4) is 0 Å². The van der Waals surface area contributed by atoms with Crippen LogP contribution in [0, 0.1) is 0 Å². The average Bonchev–Trinajstić information content (AvgIpc) is 2.03. The number of nitrogens with zero attached hydrogens (tertiary/aromatic N) is 1. The molecule has 15 heavy (non-hydrogen) atoms. The van der Waals surface area contributed by atoms with Crippen LogP contribution in [0.5, 0.6) is 0 Å². The number of ether oxygens (including phenoxy) is 1. The Morgan fingerprint density at radius 3 is 1.93 bits per heavy atom. The van der Waals surface area contributed by atoms with Gasteiger partial charge in [-0.1, -0.05) is 13.8 Å². The molecule has 0 spiro atoms. The van der Waals surface area contributed by atoms with Gasteiger partial charge in [-0.2, -0.15) is 0 Å². The van der Waals surface area contributed by atoms with Crippen LogP contribution < -0.4 is 0 Å². The molecule has 0 aromatic heterocycles. The van der Waals surface area contributed by atoms with Crippen LogP contribution in [0.15, 0.2) is 0 Å². The summed E-state index contributed by atoms with van der Waals surface area (Å²) in [5.74, 6) is -1.06. The largest absolute Gasteiger partial charge is 0.480 e. The first-order valence-electron chi connectivity index (χ1n) is 4.88. The number of carboxylic acid groups (broad SMARTS) is 1. The van der Waals surface area contributed by atoms with E-state index in [1.807, 2.05) is 13.8 Å². The standard InChI is InChI=1S/C8H15NO4.C2H6/c1-8(2,3)13-7(12)9(4)5-6(10)11;1-2/h5H2,1-4H3,(H,10,11);1-2H3. The zero-order valence-corrected chi connectivity index (χ0v) is 10.3. The van der Waals surface area contributed by atoms with Crippen LogP contribution in [-0.4, -0.2) is 41.3 Å². The van der Waals surface area contributed by atoms with Gasteiger partial charge in [-0.05, 0) is 20.8 Å². The Hall–Kier alpha value is -1.26. The van der Waals surface area contributed by atoms with Crippen molar-refractivity contribution in [1.82, 2.24) is 4.90 Å². The van der Waals surface area contributed by atoms with Crippen molar-refractivity contribution in [3.8, 4) is 0 Å². The first kappa shape index (κ1) is 16.2. The summed E-state index contributed by atoms with van der Waals surface area (Å²) in [6.45, 7) is 8.81. The molecule has 0 aliphatic rings. The van der Waals surface area contributed by atoms with Crippen LogP contribution >= 0.6 is 0 Å². The number of hydrogen-bond acceptors (Lipinski definition) is 3. The van der Waals surface area contributed by atoms with Gasteiger partial charge < -0.3 is 14.7 Å². The van der Waals surface area contributed by atoms with E-state index >= 15 is 0 Å². The van der Waals surface area contributed by atoms with Crippen molar-refractivity contribution in [3.63, 3.8) is 0 Å². The van der Waals surface area contributed by atoms with E-state index in [2.05, 4.69) is 0 Å². The summed E-state index contributed by atoms with van der Waals surface area (Å²) < 4.78 is 4.92. The number of likely N-dealkylation sites (N-methyl/N-ethyl adjacent to an activating group) is 1. The second-order valence-corrected chi connectivity index (χ2v) is 3.73. The number of amides is 1. The molecule has 0 unspecified atom stereocenters. The number of hydrogen-bond donors (Lipinski definition) is 1. The van der Waals surface area contributed by atoms with Gasteiger partial charge >= 0.3 is 12.1 Å². The van der Waals surface area contributed by atoms with Crippen LogP contribution in [0.1, 0.15) is 34.6 Å². The SMILES string of the molecule is CC.CN(CC(=O)O)C(=O)OC(C)(C)C. The Bertz CT molecular complexity index is 208. The number of carboxylic acids is 1. The predicted molar refractivity (Wildman–Crippen MR) is 57.8 cm³/mol. The monoisotopic (exact) mass is 219 g/mol. The van der Waals surface area contributed by atoms with Crippen molar-refractivity contribution < 1.29 is 19.4 Å². The molecule has 5 nitrogen and oxygen atoms in total. The zero-order chi connectivity index (χ0) is 12.6. The highest BCUT2D eigenvalue weighted by molar-refractivity contribution is 5.76. The molecule has 90 valence electrons. The van der Waals surface area contributed by atoms with Gasteiger partial charge in [0.15, 0.2) is 0 Å². The van der Waals surface area contributed by atoms with Crippen LogP contribution in [0.25, 0.3) is 0 Å². The van der Waals surface area contributed by atoms with Crippen molar-refractivity contribution in [2.45, 2.75) is 40.2 Å². The minimum absolute atomic E-state index is 0.352. The third-order valence-corrected chi connectivity index (χ3v) is 1.08. The number of aliphatic carboxylic acids is 1. The Balaban J connectivity index is 0. The minimum atomic E-state index is -1.06. The van der Waals surface area contributed by atoms with Gasteiger partial charge in [-0.25, -0.2) is 4.79 Å². The molecule has 0 atom stereocenters. The van der Waals surface area contributed by atoms with E-state index in [-0.39, 0.29) is 6.54 Å². The van der Waals surface area contributed by atoms with Crippen molar-refractivity contribution in [3.05, 3.63) is 0 Å². The maximum Gasteiger partial charge on any atom is 0.410 e. The highest BCUT2D eigenvalue weighted by atomic mass is 16.6. The van der Waals surface area contributed by atoms with Crippen molar-refractivity contribution in [1.29, 1.82) is 0 Å². The second-order valence-electron chi connectivity index (χ2n) is 3.73. The fourth-order valence-electron chi connectivity index (χ4n) is 0.607. The van der Waals surface area contributed by atoms with E-state index in [1.165, 1.54) is 7.05 Å². The van der Waals surface area contributed by atoms with Crippen LogP contribution in [0.4, 0.5) is 4.79 Å². The Morgan fingerprint density at radius 1 is 1.27 bits per heavy atom. The summed E-state index contributed by atoms with van der Waals surface area (Å²) in [5, 5.41) is 8.38. The van der Waals surface area contributed by atoms with Gasteiger partial charge in [0.25, 0.3) is 0 Å². The van der Waals surface area contributed by atoms with E-state index < -0.39 is 17.7 Å². The van der Waals surface area contributed by atoms with E-state index in [0.717, 1.165) is 4.90 Å². The molecule has 1 N–H and O–H groups in total. The lowest BCUT2D eigenvalue weighted by atomic mass is 10.2. The number of rotatable bonds is 2. The van der Waals surface area contributed by atoms with E-state index in [9.17, 15) is 9.59 Å². The van der Waals surface area contributed by atoms with Gasteiger partial charge in [0.1, 0.15) is 12.1 Å². The van der Waals surface area contributed by atoms with Gasteiger partial charge in [0.05, 0.1) is 0 Å². The maximum atomic E-state index is 11.1. The Morgan fingerprint density at radius 2 is 1.67 bits per heavy atom. The molecule has 0 fully saturated rings. The lowest BCUT2D eigenvalue weighted by molar-refractivity contribution is -0.137. The summed E-state index contributed by atoms with van der Waals surface area (Å²) in [6, 6.07) is 0. The molecule has 0 saturated heterocycles. The molecule has 0 radical (unpaired) electrons. The van der Waals surface area contributed by atoms with Crippen molar-refractivity contribution >= 4 is 12.1 Å². The zero-order valence-electron chi connectivity index (χ0n) is 10.3. The average molecular weight is 219 g/mol. The first-order chi connectivity index (χ1) is 6.72. The summed E-state index contributed by atoms with van der Waals surface area (Å²) in [7, 11) is 1.38. The third-order valence-electron chi connectivity index (χ3n) is 1.08. The van der Waals surface area contributed by atoms with Gasteiger partial charge in [0, 0.05) is 7.05 Å². The van der Waals surface area contributed by atoms with Gasteiger partial charge in [-0.15, -0.1) is 0 Å². The highest BCUT2D eigenvalue weighted by Crippen LogP contribution is 2.08. The minimum Gasteiger partial charge on any atom is -0.480 e. The fraction of sp³-hybridized carbons (Fsp3) is 0.800. The number of carbonyl (C=O) groups is 2. The topological polar surface area (TPSA) is 66.8 Å². The van der Waals surface area contributed by atoms with Gasteiger partial charge in [0.2, 0.25) is 0 Å². The van der Waals surface area contributed by atoms with Crippen molar-refractivity contribution in [2.75, 3.05) is 13.6 Å². The molecule has 0 aromatic rings. The molecule has 0 aliphatic heterocycles. The summed E-state index contributed by atoms with van der Waals surface area (Å²) in [6.07, 6.45) is -0.630. The second kappa shape index (κ2) is 7.09. The molecule has 0 bridgehead atoms. The number of carbonyl (C=O) groups excluding carboxylic acids is 1. The molecular weight excluding hydrogens is 198 g/mol. The lowest BCUT2D eigenvalue weighted by Gasteiger charge is -2.23. The Labute approximate surface area is 91.0 Å². The summed E-state index contributed by atoms with van der Waals surface area (Å²) in [5.41, 5.74) is -0.593. The normalized spacial score (nSPS) is 9.73. The molecule has 0 saturated carbocycles. The van der Waals surface area contributed by atoms with E-state index in [0.29, 0.717) is 0 Å². The Kier molecular flexibility index (Phi) is 7.65. The quantitative estimate of drug-likeness (QED) is 0.771. The summed E-state index contributed by atoms with van der Waals surface area (Å²) >= 11 is 0. The molecule has 0 aromatic carbocycles. The van der Waals surface area contributed by atoms with E-state index in [4.69, 9.17) is 9.84 Å². The molecule has 5 heteroatoms. The predicted octanol–water partition coefficient (Wildman–Crippen LogP) is 1.96. The lowest BCUT2D eigenvalue weighted by Crippen LogP contribution is -2.37. The smallest absolute Gasteiger partial charge is 0.410 e. The first-order valence-corrected chi connectivity index (χ1v) is 4.88. The fourth-order valence-corrected chi connectivity index (χ4v) is 0.607. The van der Waals surface area contributed by atoms with Crippen LogP contribution in [-0.2, 0) is 9.53 Å². The molecule has 0 aliphatic carbocycles. The maximum absolute atomic E-state index is 11.1. The summed E-state index contributed by atoms with van der Waals surface area (Å²) in [4.78, 5) is 22.4. The molecule has 0 heterocycles. The molecule has 1 amide bonds. The highest BCUT2D eigenvalue weighted by Gasteiger charge is 2.20. The molecule has 0 rings (SSSR count). The van der Waals surface area contributed by atoms with E-state index in [1.54, 1.807) is 20.8 Å². The van der Waals surface area contributed by atoms with Gasteiger partial charge in [-0.3, -0.25) is 4.79 Å². The van der Waals surface area contributed by atoms with Crippen molar-refractivity contribution in [2.24, 2.45) is 0 Å². The molecular formula is C10H21NO4. The third kappa shape index (κ3) is 10.7.